The lowest BCUT2D eigenvalue weighted by molar-refractivity contribution is -0.116. The number of amides is 1. The molecule has 1 heterocycles. The number of nitrogens with one attached hydrogen (secondary N) is 1. The van der Waals surface area contributed by atoms with Crippen molar-refractivity contribution in [3.8, 4) is 11.3 Å². The summed E-state index contributed by atoms with van der Waals surface area (Å²) in [6.07, 6.45) is 2.30. The molecule has 1 amide bonds. The largest absolute Gasteiger partial charge is 0.302 e. The van der Waals surface area contributed by atoms with Gasteiger partial charge >= 0.3 is 0 Å². The second kappa shape index (κ2) is 7.13. The molecule has 0 aliphatic heterocycles. The molecule has 1 N–H and O–H groups in total. The summed E-state index contributed by atoms with van der Waals surface area (Å²) < 4.78 is 0. The molecule has 2 aromatic rings. The maximum Gasteiger partial charge on any atom is 0.226 e. The van der Waals surface area contributed by atoms with Gasteiger partial charge in [-0.3, -0.25) is 9.59 Å². The number of aromatic nitrogens is 1. The number of ketones is 1. The van der Waals surface area contributed by atoms with E-state index in [1.54, 1.807) is 0 Å². The van der Waals surface area contributed by atoms with Crippen LogP contribution in [0.3, 0.4) is 0 Å². The molecule has 5 heteroatoms. The molecule has 0 saturated carbocycles. The van der Waals surface area contributed by atoms with Gasteiger partial charge in [-0.1, -0.05) is 55.0 Å². The molecule has 0 aliphatic carbocycles. The Bertz CT molecular complexity index is 635. The molecule has 21 heavy (non-hydrogen) atoms. The number of carbonyl (C=O) groups excluding carboxylic acids is 2. The first kappa shape index (κ1) is 15.4. The van der Waals surface area contributed by atoms with Gasteiger partial charge in [0.15, 0.2) is 10.9 Å². The number of unbranched alkanes of at least 4 members (excludes halogenated alkanes) is 1. The lowest BCUT2D eigenvalue weighted by Crippen LogP contribution is -2.10. The van der Waals surface area contributed by atoms with E-state index < -0.39 is 0 Å². The van der Waals surface area contributed by atoms with Crippen LogP contribution in [0, 0.1) is 0 Å². The van der Waals surface area contributed by atoms with Gasteiger partial charge in [0.1, 0.15) is 0 Å². The van der Waals surface area contributed by atoms with E-state index in [0.717, 1.165) is 18.4 Å². The van der Waals surface area contributed by atoms with Crippen molar-refractivity contribution in [2.75, 3.05) is 5.32 Å². The summed E-state index contributed by atoms with van der Waals surface area (Å²) in [4.78, 5) is 28.5. The Morgan fingerprint density at radius 1 is 1.24 bits per heavy atom. The number of benzene rings is 1. The zero-order valence-electron chi connectivity index (χ0n) is 12.2. The number of hydrogen-bond donors (Lipinski definition) is 1. The fourth-order valence-electron chi connectivity index (χ4n) is 1.92. The highest BCUT2D eigenvalue weighted by Gasteiger charge is 2.17. The predicted molar refractivity (Wildman–Crippen MR) is 85.7 cm³/mol. The predicted octanol–water partition coefficient (Wildman–Crippen LogP) is 4.14. The van der Waals surface area contributed by atoms with Gasteiger partial charge in [-0.05, 0) is 6.42 Å². The normalized spacial score (nSPS) is 10.4. The molecule has 0 unspecified atom stereocenters. The fraction of sp³-hybridized carbons (Fsp3) is 0.312. The standard InChI is InChI=1S/C16H18N2O2S/c1-3-4-10-13(20)17-16-18-14(15(21-16)11(2)19)12-8-6-5-7-9-12/h5-9H,3-4,10H2,1-2H3,(H,17,18,20). The number of Topliss-reactive ketones (excluding diaryl/α,β-unsaturated/α-hetero) is 1. The quantitative estimate of drug-likeness (QED) is 0.816. The summed E-state index contributed by atoms with van der Waals surface area (Å²) in [6, 6.07) is 9.53. The average Bonchev–Trinajstić information content (AvgIpc) is 2.90. The SMILES string of the molecule is CCCCC(=O)Nc1nc(-c2ccccc2)c(C(C)=O)s1. The first-order valence-corrected chi connectivity index (χ1v) is 7.80. The Hall–Kier alpha value is -2.01. The molecular weight excluding hydrogens is 284 g/mol. The summed E-state index contributed by atoms with van der Waals surface area (Å²) in [7, 11) is 0. The first-order chi connectivity index (χ1) is 10.1. The van der Waals surface area contributed by atoms with Gasteiger partial charge in [0.25, 0.3) is 0 Å². The van der Waals surface area contributed by atoms with Crippen molar-refractivity contribution in [1.29, 1.82) is 0 Å². The molecule has 0 radical (unpaired) electrons. The third-order valence-corrected chi connectivity index (χ3v) is 4.07. The van der Waals surface area contributed by atoms with Crippen molar-refractivity contribution in [2.24, 2.45) is 0 Å². The van der Waals surface area contributed by atoms with Crippen molar-refractivity contribution in [1.82, 2.24) is 4.98 Å². The number of carbonyl (C=O) groups is 2. The maximum atomic E-state index is 11.8. The molecule has 0 saturated heterocycles. The fourth-order valence-corrected chi connectivity index (χ4v) is 2.82. The highest BCUT2D eigenvalue weighted by atomic mass is 32.1. The van der Waals surface area contributed by atoms with Crippen LogP contribution in [0.2, 0.25) is 0 Å². The minimum atomic E-state index is -0.0553. The highest BCUT2D eigenvalue weighted by Crippen LogP contribution is 2.31. The Morgan fingerprint density at radius 2 is 1.95 bits per heavy atom. The van der Waals surface area contributed by atoms with Gasteiger partial charge in [0.05, 0.1) is 10.6 Å². The number of thiazole rings is 1. The topological polar surface area (TPSA) is 59.1 Å². The number of rotatable bonds is 6. The molecule has 0 fully saturated rings. The summed E-state index contributed by atoms with van der Waals surface area (Å²) >= 11 is 1.23. The minimum absolute atomic E-state index is 0.0413. The van der Waals surface area contributed by atoms with E-state index in [9.17, 15) is 9.59 Å². The average molecular weight is 302 g/mol. The summed E-state index contributed by atoms with van der Waals surface area (Å²) in [5, 5.41) is 3.26. The second-order valence-electron chi connectivity index (χ2n) is 4.77. The minimum Gasteiger partial charge on any atom is -0.302 e. The van der Waals surface area contributed by atoms with E-state index in [1.807, 2.05) is 37.3 Å². The van der Waals surface area contributed by atoms with E-state index in [-0.39, 0.29) is 11.7 Å². The molecular formula is C16H18N2O2S. The zero-order chi connectivity index (χ0) is 15.2. The van der Waals surface area contributed by atoms with Gasteiger partial charge in [0.2, 0.25) is 5.91 Å². The first-order valence-electron chi connectivity index (χ1n) is 6.99. The molecule has 0 bridgehead atoms. The molecule has 0 atom stereocenters. The summed E-state index contributed by atoms with van der Waals surface area (Å²) in [5.74, 6) is -0.0966. The van der Waals surface area contributed by atoms with Crippen LogP contribution in [0.1, 0.15) is 42.8 Å². The Morgan fingerprint density at radius 3 is 2.57 bits per heavy atom. The molecule has 4 nitrogen and oxygen atoms in total. The van der Waals surface area contributed by atoms with Crippen LogP contribution in [0.25, 0.3) is 11.3 Å². The third-order valence-electron chi connectivity index (χ3n) is 3.00. The van der Waals surface area contributed by atoms with E-state index >= 15 is 0 Å². The van der Waals surface area contributed by atoms with Crippen molar-refractivity contribution in [2.45, 2.75) is 33.1 Å². The lowest BCUT2D eigenvalue weighted by Gasteiger charge is -1.99. The zero-order valence-corrected chi connectivity index (χ0v) is 13.0. The number of hydrogen-bond acceptors (Lipinski definition) is 4. The van der Waals surface area contributed by atoms with Crippen LogP contribution >= 0.6 is 11.3 Å². The molecule has 2 rings (SSSR count). The van der Waals surface area contributed by atoms with E-state index in [2.05, 4.69) is 10.3 Å². The number of nitrogens with zero attached hydrogens (tertiary/aromatic N) is 1. The third kappa shape index (κ3) is 3.98. The van der Waals surface area contributed by atoms with E-state index in [0.29, 0.717) is 22.1 Å². The van der Waals surface area contributed by atoms with Gasteiger partial charge in [-0.2, -0.15) is 0 Å². The summed E-state index contributed by atoms with van der Waals surface area (Å²) in [5.41, 5.74) is 1.52. The van der Waals surface area contributed by atoms with Gasteiger partial charge in [-0.25, -0.2) is 4.98 Å². The van der Waals surface area contributed by atoms with Crippen LogP contribution in [0.5, 0.6) is 0 Å². The van der Waals surface area contributed by atoms with Crippen LogP contribution < -0.4 is 5.32 Å². The van der Waals surface area contributed by atoms with Gasteiger partial charge in [0, 0.05) is 18.9 Å². The Labute approximate surface area is 128 Å². The van der Waals surface area contributed by atoms with Gasteiger partial charge < -0.3 is 5.32 Å². The van der Waals surface area contributed by atoms with Crippen LogP contribution in [-0.4, -0.2) is 16.7 Å². The molecule has 0 aliphatic rings. The molecule has 1 aromatic heterocycles. The summed E-state index contributed by atoms with van der Waals surface area (Å²) in [6.45, 7) is 3.56. The maximum absolute atomic E-state index is 11.8. The van der Waals surface area contributed by atoms with Crippen molar-refractivity contribution < 1.29 is 9.59 Å². The van der Waals surface area contributed by atoms with E-state index in [1.165, 1.54) is 18.3 Å². The van der Waals surface area contributed by atoms with Crippen molar-refractivity contribution >= 4 is 28.2 Å². The van der Waals surface area contributed by atoms with Crippen molar-refractivity contribution in [3.05, 3.63) is 35.2 Å². The molecule has 0 spiro atoms. The van der Waals surface area contributed by atoms with Gasteiger partial charge in [-0.15, -0.1) is 0 Å². The van der Waals surface area contributed by atoms with Crippen LogP contribution in [0.4, 0.5) is 5.13 Å². The molecule has 1 aromatic carbocycles. The Kier molecular flexibility index (Phi) is 5.22. The van der Waals surface area contributed by atoms with Crippen LogP contribution in [-0.2, 0) is 4.79 Å². The lowest BCUT2D eigenvalue weighted by atomic mass is 10.1. The number of anilines is 1. The highest BCUT2D eigenvalue weighted by molar-refractivity contribution is 7.18. The van der Waals surface area contributed by atoms with Crippen LogP contribution in [0.15, 0.2) is 30.3 Å². The smallest absolute Gasteiger partial charge is 0.226 e. The Balaban J connectivity index is 2.26. The second-order valence-corrected chi connectivity index (χ2v) is 5.77. The monoisotopic (exact) mass is 302 g/mol. The molecule has 110 valence electrons. The van der Waals surface area contributed by atoms with Crippen molar-refractivity contribution in [3.63, 3.8) is 0 Å². The van der Waals surface area contributed by atoms with E-state index in [4.69, 9.17) is 0 Å².